The van der Waals surface area contributed by atoms with E-state index < -0.39 is 0 Å². The first-order valence-electron chi connectivity index (χ1n) is 8.39. The Labute approximate surface area is 148 Å². The highest BCUT2D eigenvalue weighted by Crippen LogP contribution is 2.20. The number of hydrogen-bond acceptors (Lipinski definition) is 4. The average molecular weight is 347 g/mol. The number of rotatable bonds is 5. The number of nitriles is 1. The van der Waals surface area contributed by atoms with Crippen molar-refractivity contribution in [1.29, 1.82) is 5.26 Å². The maximum absolute atomic E-state index is 12.4. The van der Waals surface area contributed by atoms with Crippen LogP contribution in [0.2, 0.25) is 0 Å². The second kappa shape index (κ2) is 6.50. The number of para-hydroxylation sites is 2. The van der Waals surface area contributed by atoms with Gasteiger partial charge in [0.2, 0.25) is 0 Å². The number of H-pyrrole nitrogens is 1. The van der Waals surface area contributed by atoms with Crippen LogP contribution >= 0.6 is 0 Å². The lowest BCUT2D eigenvalue weighted by molar-refractivity contribution is 0.279. The standard InChI is InChI=1S/C19H17N5O2/c20-11-13-6-7-17-15(10-13)21-18(23(17)8-3-9-25)12-24-16-5-2-1-4-14(16)22-19(24)26/h1-2,4-7,10,25H,3,8-9,12H2,(H,22,26). The molecule has 0 radical (unpaired) electrons. The van der Waals surface area contributed by atoms with Gasteiger partial charge in [0.25, 0.3) is 0 Å². The third-order valence-corrected chi connectivity index (χ3v) is 4.48. The molecule has 2 aromatic carbocycles. The molecular weight excluding hydrogens is 330 g/mol. The second-order valence-corrected chi connectivity index (χ2v) is 6.11. The normalized spacial score (nSPS) is 11.2. The maximum atomic E-state index is 12.4. The molecule has 0 saturated carbocycles. The molecule has 0 unspecified atom stereocenters. The van der Waals surface area contributed by atoms with Crippen LogP contribution in [-0.2, 0) is 13.1 Å². The molecule has 2 aromatic heterocycles. The van der Waals surface area contributed by atoms with E-state index in [1.165, 1.54) is 0 Å². The number of aromatic nitrogens is 4. The number of aromatic amines is 1. The van der Waals surface area contributed by atoms with Crippen LogP contribution in [0.15, 0.2) is 47.3 Å². The molecule has 0 aliphatic rings. The quantitative estimate of drug-likeness (QED) is 0.576. The number of hydrogen-bond donors (Lipinski definition) is 2. The van der Waals surface area contributed by atoms with Crippen LogP contribution in [0.5, 0.6) is 0 Å². The molecule has 0 atom stereocenters. The van der Waals surface area contributed by atoms with Gasteiger partial charge in [-0.15, -0.1) is 0 Å². The molecule has 7 heteroatoms. The molecule has 0 saturated heterocycles. The van der Waals surface area contributed by atoms with Crippen molar-refractivity contribution in [3.63, 3.8) is 0 Å². The van der Waals surface area contributed by atoms with Gasteiger partial charge >= 0.3 is 5.69 Å². The van der Waals surface area contributed by atoms with E-state index in [4.69, 9.17) is 5.26 Å². The largest absolute Gasteiger partial charge is 0.396 e. The Balaban J connectivity index is 1.85. The summed E-state index contributed by atoms with van der Waals surface area (Å²) >= 11 is 0. The van der Waals surface area contributed by atoms with E-state index in [1.54, 1.807) is 16.7 Å². The summed E-state index contributed by atoms with van der Waals surface area (Å²) in [5.41, 5.74) is 3.55. The molecule has 130 valence electrons. The fourth-order valence-electron chi connectivity index (χ4n) is 3.25. The van der Waals surface area contributed by atoms with Crippen LogP contribution in [-0.4, -0.2) is 30.8 Å². The summed E-state index contributed by atoms with van der Waals surface area (Å²) in [6.45, 7) is 0.971. The topological polar surface area (TPSA) is 99.6 Å². The molecule has 2 N–H and O–H groups in total. The summed E-state index contributed by atoms with van der Waals surface area (Å²) < 4.78 is 3.65. The van der Waals surface area contributed by atoms with Gasteiger partial charge in [-0.3, -0.25) is 4.57 Å². The Bertz CT molecular complexity index is 1190. The Morgan fingerprint density at radius 2 is 2.00 bits per heavy atom. The zero-order valence-corrected chi connectivity index (χ0v) is 14.0. The SMILES string of the molecule is N#Cc1ccc2c(c1)nc(Cn1c(=O)[nH]c3ccccc31)n2CCCO. The highest BCUT2D eigenvalue weighted by atomic mass is 16.3. The lowest BCUT2D eigenvalue weighted by Crippen LogP contribution is -2.20. The minimum absolute atomic E-state index is 0.0719. The number of benzene rings is 2. The molecule has 0 fully saturated rings. The Kier molecular flexibility index (Phi) is 4.03. The molecule has 0 spiro atoms. The molecule has 0 aliphatic heterocycles. The Hall–Kier alpha value is -3.37. The van der Waals surface area contributed by atoms with Gasteiger partial charge in [0.1, 0.15) is 5.82 Å². The first-order chi connectivity index (χ1) is 12.7. The maximum Gasteiger partial charge on any atom is 0.326 e. The van der Waals surface area contributed by atoms with Gasteiger partial charge in [-0.05, 0) is 36.8 Å². The third-order valence-electron chi connectivity index (χ3n) is 4.48. The van der Waals surface area contributed by atoms with Gasteiger partial charge in [0.15, 0.2) is 0 Å². The number of fused-ring (bicyclic) bond motifs is 2. The minimum Gasteiger partial charge on any atom is -0.396 e. The van der Waals surface area contributed by atoms with Crippen molar-refractivity contribution < 1.29 is 5.11 Å². The lowest BCUT2D eigenvalue weighted by atomic mass is 10.2. The summed E-state index contributed by atoms with van der Waals surface area (Å²) in [5, 5.41) is 18.3. The minimum atomic E-state index is -0.190. The number of aryl methyl sites for hydroxylation is 1. The summed E-state index contributed by atoms with van der Waals surface area (Å²) in [7, 11) is 0. The number of nitrogens with zero attached hydrogens (tertiary/aromatic N) is 4. The molecule has 7 nitrogen and oxygen atoms in total. The fourth-order valence-corrected chi connectivity index (χ4v) is 3.25. The van der Waals surface area contributed by atoms with E-state index in [0.29, 0.717) is 30.6 Å². The third kappa shape index (κ3) is 2.66. The van der Waals surface area contributed by atoms with Crippen molar-refractivity contribution in [1.82, 2.24) is 19.1 Å². The number of imidazole rings is 2. The van der Waals surface area contributed by atoms with Crippen molar-refractivity contribution >= 4 is 22.1 Å². The monoisotopic (exact) mass is 347 g/mol. The summed E-state index contributed by atoms with van der Waals surface area (Å²) in [5.74, 6) is 0.718. The van der Waals surface area contributed by atoms with Gasteiger partial charge in [-0.25, -0.2) is 9.78 Å². The zero-order valence-electron chi connectivity index (χ0n) is 14.0. The van der Waals surface area contributed by atoms with Gasteiger partial charge < -0.3 is 14.7 Å². The highest BCUT2D eigenvalue weighted by molar-refractivity contribution is 5.78. The molecule has 0 amide bonds. The van der Waals surface area contributed by atoms with Gasteiger partial charge in [0.05, 0.1) is 40.2 Å². The smallest absolute Gasteiger partial charge is 0.326 e. The lowest BCUT2D eigenvalue weighted by Gasteiger charge is -2.09. The van der Waals surface area contributed by atoms with Crippen molar-refractivity contribution in [3.8, 4) is 6.07 Å². The fraction of sp³-hybridized carbons (Fsp3) is 0.211. The van der Waals surface area contributed by atoms with Crippen LogP contribution in [0.1, 0.15) is 17.8 Å². The summed E-state index contributed by atoms with van der Waals surface area (Å²) in [4.78, 5) is 19.9. The molecular formula is C19H17N5O2. The summed E-state index contributed by atoms with van der Waals surface area (Å²) in [6, 6.07) is 15.0. The molecule has 0 bridgehead atoms. The van der Waals surface area contributed by atoms with Crippen LogP contribution in [0.3, 0.4) is 0 Å². The Morgan fingerprint density at radius 1 is 1.15 bits per heavy atom. The predicted molar refractivity (Wildman–Crippen MR) is 97.8 cm³/mol. The van der Waals surface area contributed by atoms with E-state index in [2.05, 4.69) is 16.0 Å². The second-order valence-electron chi connectivity index (χ2n) is 6.11. The molecule has 26 heavy (non-hydrogen) atoms. The first-order valence-corrected chi connectivity index (χ1v) is 8.39. The van der Waals surface area contributed by atoms with Crippen LogP contribution in [0.25, 0.3) is 22.1 Å². The van der Waals surface area contributed by atoms with Gasteiger partial charge in [-0.1, -0.05) is 12.1 Å². The average Bonchev–Trinajstić information content (AvgIpc) is 3.16. The number of aliphatic hydroxyl groups excluding tert-OH is 1. The summed E-state index contributed by atoms with van der Waals surface area (Å²) in [6.07, 6.45) is 0.585. The van der Waals surface area contributed by atoms with E-state index in [9.17, 15) is 9.90 Å². The van der Waals surface area contributed by atoms with Crippen molar-refractivity contribution in [2.24, 2.45) is 0 Å². The Morgan fingerprint density at radius 3 is 2.81 bits per heavy atom. The van der Waals surface area contributed by atoms with Crippen molar-refractivity contribution in [2.45, 2.75) is 19.5 Å². The molecule has 2 heterocycles. The molecule has 4 aromatic rings. The zero-order chi connectivity index (χ0) is 18.1. The first kappa shape index (κ1) is 16.1. The van der Waals surface area contributed by atoms with E-state index in [1.807, 2.05) is 34.9 Å². The highest BCUT2D eigenvalue weighted by Gasteiger charge is 2.14. The van der Waals surface area contributed by atoms with E-state index in [0.717, 1.165) is 22.4 Å². The predicted octanol–water partition coefficient (Wildman–Crippen LogP) is 1.98. The number of aliphatic hydroxyl groups is 1. The molecule has 0 aliphatic carbocycles. The van der Waals surface area contributed by atoms with Gasteiger partial charge in [0, 0.05) is 13.2 Å². The molecule has 4 rings (SSSR count). The van der Waals surface area contributed by atoms with Crippen molar-refractivity contribution in [2.75, 3.05) is 6.61 Å². The van der Waals surface area contributed by atoms with Gasteiger partial charge in [-0.2, -0.15) is 5.26 Å². The van der Waals surface area contributed by atoms with E-state index >= 15 is 0 Å². The van der Waals surface area contributed by atoms with Crippen LogP contribution in [0, 0.1) is 11.3 Å². The van der Waals surface area contributed by atoms with Crippen LogP contribution < -0.4 is 5.69 Å². The van der Waals surface area contributed by atoms with Crippen molar-refractivity contribution in [3.05, 3.63) is 64.3 Å². The van der Waals surface area contributed by atoms with E-state index in [-0.39, 0.29) is 12.3 Å². The number of nitrogens with one attached hydrogen (secondary N) is 1. The van der Waals surface area contributed by atoms with Crippen LogP contribution in [0.4, 0.5) is 0 Å².